The van der Waals surface area contributed by atoms with Crippen molar-refractivity contribution >= 4 is 21.9 Å². The number of rotatable bonds is 3. The van der Waals surface area contributed by atoms with E-state index in [0.717, 1.165) is 16.9 Å². The molecule has 4 N–H and O–H groups in total. The quantitative estimate of drug-likeness (QED) is 0.519. The second kappa shape index (κ2) is 4.96. The van der Waals surface area contributed by atoms with Gasteiger partial charge in [0.15, 0.2) is 0 Å². The highest BCUT2D eigenvalue weighted by Crippen LogP contribution is 2.47. The smallest absolute Gasteiger partial charge is 0.131 e. The molecule has 0 bridgehead atoms. The first-order valence-corrected chi connectivity index (χ1v) is 8.91. The normalized spacial score (nSPS) is 17.2. The Labute approximate surface area is 146 Å². The number of aryl methyl sites for hydroxylation is 1. The lowest BCUT2D eigenvalue weighted by Crippen LogP contribution is -2.37. The standard InChI is InChI=1S/C21H22N4/c1-12-11-15(13-7-8-13)18(14-9-10-23-19(12)14)21(2,22)20-24-16-5-3-4-6-17(16)25-20/h3-6,9-11,13,23H,7-8,22H2,1-2H3,(H,24,25). The monoisotopic (exact) mass is 330 g/mol. The maximum Gasteiger partial charge on any atom is 0.131 e. The van der Waals surface area contributed by atoms with Crippen molar-refractivity contribution in [2.24, 2.45) is 5.73 Å². The van der Waals surface area contributed by atoms with Gasteiger partial charge in [0.25, 0.3) is 0 Å². The van der Waals surface area contributed by atoms with E-state index in [0.29, 0.717) is 5.92 Å². The number of benzene rings is 2. The van der Waals surface area contributed by atoms with E-state index in [1.807, 2.05) is 30.5 Å². The summed E-state index contributed by atoms with van der Waals surface area (Å²) in [4.78, 5) is 11.6. The number of aromatic nitrogens is 3. The van der Waals surface area contributed by atoms with Crippen LogP contribution in [0.2, 0.25) is 0 Å². The largest absolute Gasteiger partial charge is 0.361 e. The van der Waals surface area contributed by atoms with E-state index >= 15 is 0 Å². The van der Waals surface area contributed by atoms with Crippen LogP contribution in [-0.2, 0) is 5.54 Å². The second-order valence-corrected chi connectivity index (χ2v) is 7.50. The fourth-order valence-electron chi connectivity index (χ4n) is 4.05. The number of aromatic amines is 2. The Morgan fingerprint density at radius 2 is 2.00 bits per heavy atom. The molecule has 0 spiro atoms. The van der Waals surface area contributed by atoms with Crippen molar-refractivity contribution in [1.82, 2.24) is 15.0 Å². The van der Waals surface area contributed by atoms with Gasteiger partial charge < -0.3 is 15.7 Å². The first-order chi connectivity index (χ1) is 12.1. The molecule has 1 fully saturated rings. The lowest BCUT2D eigenvalue weighted by molar-refractivity contribution is 0.566. The number of fused-ring (bicyclic) bond motifs is 2. The molecule has 0 amide bonds. The molecule has 126 valence electrons. The van der Waals surface area contributed by atoms with Gasteiger partial charge in [-0.15, -0.1) is 0 Å². The van der Waals surface area contributed by atoms with Gasteiger partial charge in [-0.3, -0.25) is 0 Å². The van der Waals surface area contributed by atoms with Gasteiger partial charge in [-0.25, -0.2) is 4.98 Å². The molecule has 2 aromatic heterocycles. The average molecular weight is 330 g/mol. The summed E-state index contributed by atoms with van der Waals surface area (Å²) in [6, 6.07) is 12.6. The van der Waals surface area contributed by atoms with Gasteiger partial charge in [-0.2, -0.15) is 0 Å². The number of para-hydroxylation sites is 2. The molecule has 1 aliphatic rings. The molecular weight excluding hydrogens is 308 g/mol. The number of hydrogen-bond acceptors (Lipinski definition) is 2. The Bertz CT molecular complexity index is 1060. The van der Waals surface area contributed by atoms with E-state index in [2.05, 4.69) is 35.9 Å². The first-order valence-electron chi connectivity index (χ1n) is 8.91. The molecule has 25 heavy (non-hydrogen) atoms. The topological polar surface area (TPSA) is 70.5 Å². The molecule has 0 saturated heterocycles. The lowest BCUT2D eigenvalue weighted by Gasteiger charge is -2.27. The number of imidazole rings is 1. The predicted molar refractivity (Wildman–Crippen MR) is 102 cm³/mol. The van der Waals surface area contributed by atoms with Crippen molar-refractivity contribution < 1.29 is 0 Å². The highest BCUT2D eigenvalue weighted by molar-refractivity contribution is 5.89. The Balaban J connectivity index is 1.79. The SMILES string of the molecule is Cc1cc(C2CC2)c(C(C)(N)c2nc3ccccc3[nH]2)c2cc[nH]c12. The zero-order valence-electron chi connectivity index (χ0n) is 14.6. The average Bonchev–Trinajstić information content (AvgIpc) is 3.15. The maximum atomic E-state index is 6.96. The van der Waals surface area contributed by atoms with E-state index in [-0.39, 0.29) is 0 Å². The third-order valence-corrected chi connectivity index (χ3v) is 5.49. The molecule has 1 aliphatic carbocycles. The van der Waals surface area contributed by atoms with Crippen LogP contribution >= 0.6 is 0 Å². The van der Waals surface area contributed by atoms with Crippen molar-refractivity contribution in [2.45, 2.75) is 38.1 Å². The van der Waals surface area contributed by atoms with Gasteiger partial charge in [-0.1, -0.05) is 18.2 Å². The van der Waals surface area contributed by atoms with Crippen LogP contribution in [0.1, 0.15) is 48.2 Å². The summed E-state index contributed by atoms with van der Waals surface area (Å²) in [6.07, 6.45) is 4.50. The summed E-state index contributed by atoms with van der Waals surface area (Å²) < 4.78 is 0. The molecule has 4 aromatic rings. The Hall–Kier alpha value is -2.59. The number of nitrogens with one attached hydrogen (secondary N) is 2. The van der Waals surface area contributed by atoms with Crippen LogP contribution in [0.5, 0.6) is 0 Å². The molecule has 1 atom stereocenters. The summed E-state index contributed by atoms with van der Waals surface area (Å²) in [6.45, 7) is 4.25. The van der Waals surface area contributed by atoms with Gasteiger partial charge in [0.2, 0.25) is 0 Å². The molecule has 2 heterocycles. The van der Waals surface area contributed by atoms with Gasteiger partial charge in [0, 0.05) is 17.1 Å². The van der Waals surface area contributed by atoms with Gasteiger partial charge in [-0.05, 0) is 67.5 Å². The Morgan fingerprint density at radius 3 is 2.76 bits per heavy atom. The minimum absolute atomic E-state index is 0.625. The van der Waals surface area contributed by atoms with Crippen molar-refractivity contribution in [3.8, 4) is 0 Å². The molecular formula is C21H22N4. The van der Waals surface area contributed by atoms with E-state index in [1.165, 1.54) is 40.4 Å². The number of nitrogens with zero attached hydrogens (tertiary/aromatic N) is 1. The van der Waals surface area contributed by atoms with E-state index in [9.17, 15) is 0 Å². The molecule has 5 rings (SSSR count). The van der Waals surface area contributed by atoms with Gasteiger partial charge >= 0.3 is 0 Å². The van der Waals surface area contributed by atoms with Crippen LogP contribution in [0.4, 0.5) is 0 Å². The minimum atomic E-state index is -0.676. The van der Waals surface area contributed by atoms with Gasteiger partial charge in [0.05, 0.1) is 16.6 Å². The zero-order valence-corrected chi connectivity index (χ0v) is 14.6. The molecule has 4 nitrogen and oxygen atoms in total. The molecule has 1 unspecified atom stereocenters. The van der Waals surface area contributed by atoms with E-state index < -0.39 is 5.54 Å². The number of H-pyrrole nitrogens is 2. The third-order valence-electron chi connectivity index (χ3n) is 5.49. The lowest BCUT2D eigenvalue weighted by atomic mass is 9.83. The predicted octanol–water partition coefficient (Wildman–Crippen LogP) is 4.45. The summed E-state index contributed by atoms with van der Waals surface area (Å²) in [7, 11) is 0. The van der Waals surface area contributed by atoms with Crippen molar-refractivity contribution in [2.75, 3.05) is 0 Å². The van der Waals surface area contributed by atoms with Crippen molar-refractivity contribution in [3.63, 3.8) is 0 Å². The summed E-state index contributed by atoms with van der Waals surface area (Å²) in [5.74, 6) is 1.45. The van der Waals surface area contributed by atoms with Crippen LogP contribution in [0.25, 0.3) is 21.9 Å². The first kappa shape index (κ1) is 14.7. The number of hydrogen-bond donors (Lipinski definition) is 3. The van der Waals surface area contributed by atoms with Crippen LogP contribution in [-0.4, -0.2) is 15.0 Å². The molecule has 4 heteroatoms. The van der Waals surface area contributed by atoms with Gasteiger partial charge in [0.1, 0.15) is 5.82 Å². The molecule has 2 aromatic carbocycles. The summed E-state index contributed by atoms with van der Waals surface area (Å²) in [5.41, 5.74) is 13.3. The highest BCUT2D eigenvalue weighted by Gasteiger charge is 2.37. The van der Waals surface area contributed by atoms with Crippen molar-refractivity contribution in [3.05, 3.63) is 65.1 Å². The van der Waals surface area contributed by atoms with Crippen LogP contribution in [0.3, 0.4) is 0 Å². The van der Waals surface area contributed by atoms with E-state index in [4.69, 9.17) is 10.7 Å². The summed E-state index contributed by atoms with van der Waals surface area (Å²) in [5, 5.41) is 1.22. The van der Waals surface area contributed by atoms with Crippen LogP contribution < -0.4 is 5.73 Å². The van der Waals surface area contributed by atoms with Crippen molar-refractivity contribution in [1.29, 1.82) is 0 Å². The minimum Gasteiger partial charge on any atom is -0.361 e. The Morgan fingerprint density at radius 1 is 1.20 bits per heavy atom. The second-order valence-electron chi connectivity index (χ2n) is 7.50. The molecule has 1 saturated carbocycles. The van der Waals surface area contributed by atoms with Crippen LogP contribution in [0.15, 0.2) is 42.6 Å². The Kier molecular flexibility index (Phi) is 2.92. The summed E-state index contributed by atoms with van der Waals surface area (Å²) >= 11 is 0. The number of nitrogens with two attached hydrogens (primary N) is 1. The van der Waals surface area contributed by atoms with Crippen LogP contribution in [0, 0.1) is 6.92 Å². The third kappa shape index (κ3) is 2.14. The maximum absolute atomic E-state index is 6.96. The molecule has 0 aliphatic heterocycles. The fraction of sp³-hybridized carbons (Fsp3) is 0.286. The van der Waals surface area contributed by atoms with E-state index in [1.54, 1.807) is 0 Å². The highest BCUT2D eigenvalue weighted by atomic mass is 15.0. The molecule has 0 radical (unpaired) electrons. The zero-order chi connectivity index (χ0) is 17.2. The fourth-order valence-corrected chi connectivity index (χ4v) is 4.05.